The van der Waals surface area contributed by atoms with Crippen molar-refractivity contribution in [3.63, 3.8) is 0 Å². The Labute approximate surface area is 324 Å². The number of hydrogen-bond acceptors (Lipinski definition) is 9. The van der Waals surface area contributed by atoms with E-state index in [-0.39, 0.29) is 64.9 Å². The predicted octanol–water partition coefficient (Wildman–Crippen LogP) is 8.41. The van der Waals surface area contributed by atoms with Crippen LogP contribution in [0.25, 0.3) is 10.8 Å². The highest BCUT2D eigenvalue weighted by atomic mass is 16.6. The molecule has 0 aromatic heterocycles. The van der Waals surface area contributed by atoms with Gasteiger partial charge in [-0.05, 0) is 115 Å². The molecule has 0 heterocycles. The van der Waals surface area contributed by atoms with Crippen LogP contribution in [0.3, 0.4) is 0 Å². The molecular formula is C46H56O9. The summed E-state index contributed by atoms with van der Waals surface area (Å²) in [5.41, 5.74) is 0.313. The molecular weight excluding hydrogens is 696 g/mol. The van der Waals surface area contributed by atoms with E-state index in [9.17, 15) is 24.3 Å². The summed E-state index contributed by atoms with van der Waals surface area (Å²) in [7, 11) is 1.41. The average molecular weight is 753 g/mol. The van der Waals surface area contributed by atoms with Crippen LogP contribution in [0.1, 0.15) is 108 Å². The zero-order chi connectivity index (χ0) is 39.1. The van der Waals surface area contributed by atoms with E-state index in [4.69, 9.17) is 18.9 Å². The zero-order valence-corrected chi connectivity index (χ0v) is 32.8. The molecule has 3 aromatic rings. The molecule has 1 N–H and O–H groups in total. The van der Waals surface area contributed by atoms with Crippen LogP contribution in [-0.4, -0.2) is 54.4 Å². The van der Waals surface area contributed by atoms with Crippen LogP contribution in [0.15, 0.2) is 72.8 Å². The number of methoxy groups -OCH3 is 1. The minimum absolute atomic E-state index is 0.0350. The van der Waals surface area contributed by atoms with Gasteiger partial charge in [-0.3, -0.25) is 9.59 Å². The zero-order valence-electron chi connectivity index (χ0n) is 32.8. The second-order valence-electron chi connectivity index (χ2n) is 17.4. The Morgan fingerprint density at radius 1 is 0.836 bits per heavy atom. The highest BCUT2D eigenvalue weighted by Crippen LogP contribution is 2.69. The Kier molecular flexibility index (Phi) is 11.1. The molecule has 9 heteroatoms. The van der Waals surface area contributed by atoms with Crippen molar-refractivity contribution >= 4 is 34.6 Å². The van der Waals surface area contributed by atoms with E-state index in [1.54, 1.807) is 24.3 Å². The van der Waals surface area contributed by atoms with Gasteiger partial charge in [-0.25, -0.2) is 9.59 Å². The molecule has 0 unspecified atom stereocenters. The second-order valence-corrected chi connectivity index (χ2v) is 17.4. The molecule has 4 fully saturated rings. The van der Waals surface area contributed by atoms with E-state index in [1.807, 2.05) is 48.5 Å². The van der Waals surface area contributed by atoms with Gasteiger partial charge in [0.15, 0.2) is 6.10 Å². The fourth-order valence-electron chi connectivity index (χ4n) is 11.9. The van der Waals surface area contributed by atoms with Crippen molar-refractivity contribution in [3.8, 4) is 0 Å². The summed E-state index contributed by atoms with van der Waals surface area (Å²) < 4.78 is 24.1. The monoisotopic (exact) mass is 752 g/mol. The topological polar surface area (TPSA) is 125 Å². The lowest BCUT2D eigenvalue weighted by Gasteiger charge is -2.64. The lowest BCUT2D eigenvalue weighted by atomic mass is 9.43. The van der Waals surface area contributed by atoms with Gasteiger partial charge in [-0.1, -0.05) is 81.4 Å². The predicted molar refractivity (Wildman–Crippen MR) is 206 cm³/mol. The van der Waals surface area contributed by atoms with Crippen LogP contribution in [-0.2, 0) is 33.3 Å². The molecule has 55 heavy (non-hydrogen) atoms. The highest BCUT2D eigenvalue weighted by molar-refractivity contribution is 5.95. The van der Waals surface area contributed by atoms with E-state index in [1.165, 1.54) is 14.0 Å². The van der Waals surface area contributed by atoms with Crippen molar-refractivity contribution in [1.82, 2.24) is 0 Å². The Morgan fingerprint density at radius 2 is 1.56 bits per heavy atom. The lowest BCUT2D eigenvalue weighted by molar-refractivity contribution is -0.221. The summed E-state index contributed by atoms with van der Waals surface area (Å²) in [6.45, 7) is 8.24. The number of carbonyl (C=O) groups is 4. The van der Waals surface area contributed by atoms with Crippen LogP contribution >= 0.6 is 0 Å². The number of fused-ring (bicyclic) bond motifs is 6. The first-order valence-electron chi connectivity index (χ1n) is 20.2. The van der Waals surface area contributed by atoms with Crippen LogP contribution in [0.5, 0.6) is 0 Å². The minimum Gasteiger partial charge on any atom is -0.469 e. The molecule has 4 aliphatic rings. The van der Waals surface area contributed by atoms with Crippen LogP contribution in [0.4, 0.5) is 0 Å². The van der Waals surface area contributed by atoms with Crippen molar-refractivity contribution in [3.05, 3.63) is 83.9 Å². The summed E-state index contributed by atoms with van der Waals surface area (Å²) in [5.74, 6) is -1.18. The Morgan fingerprint density at radius 3 is 2.29 bits per heavy atom. The van der Waals surface area contributed by atoms with Crippen molar-refractivity contribution < 1.29 is 43.2 Å². The van der Waals surface area contributed by atoms with Crippen molar-refractivity contribution in [2.24, 2.45) is 46.3 Å². The third-order valence-corrected chi connectivity index (χ3v) is 14.6. The molecule has 12 atom stereocenters. The minimum atomic E-state index is -1.42. The van der Waals surface area contributed by atoms with Gasteiger partial charge in [-0.15, -0.1) is 0 Å². The first-order chi connectivity index (χ1) is 26.3. The van der Waals surface area contributed by atoms with Crippen LogP contribution in [0, 0.1) is 46.3 Å². The largest absolute Gasteiger partial charge is 0.469 e. The summed E-state index contributed by atoms with van der Waals surface area (Å²) in [5, 5.41) is 13.2. The van der Waals surface area contributed by atoms with Crippen LogP contribution < -0.4 is 0 Å². The fourth-order valence-corrected chi connectivity index (χ4v) is 11.9. The molecule has 7 rings (SSSR count). The van der Waals surface area contributed by atoms with Gasteiger partial charge in [0.25, 0.3) is 0 Å². The third kappa shape index (κ3) is 7.41. The Hall–Kier alpha value is -4.24. The first kappa shape index (κ1) is 39.0. The number of aliphatic hydroxyl groups is 1. The van der Waals surface area contributed by atoms with Gasteiger partial charge in [0.2, 0.25) is 0 Å². The molecule has 0 amide bonds. The smallest absolute Gasteiger partial charge is 0.339 e. The molecule has 4 aliphatic carbocycles. The molecule has 4 saturated carbocycles. The molecule has 0 saturated heterocycles. The van der Waals surface area contributed by atoms with Gasteiger partial charge >= 0.3 is 23.9 Å². The maximum Gasteiger partial charge on any atom is 0.339 e. The molecule has 9 nitrogen and oxygen atoms in total. The Bertz CT molecular complexity index is 1890. The van der Waals surface area contributed by atoms with E-state index in [0.717, 1.165) is 36.5 Å². The van der Waals surface area contributed by atoms with E-state index < -0.39 is 29.7 Å². The number of aliphatic hydroxyl groups excluding tert-OH is 1. The van der Waals surface area contributed by atoms with Crippen molar-refractivity contribution in [2.45, 2.75) is 110 Å². The number of ether oxygens (including phenoxy) is 4. The van der Waals surface area contributed by atoms with E-state index in [0.29, 0.717) is 43.2 Å². The third-order valence-electron chi connectivity index (χ3n) is 14.6. The van der Waals surface area contributed by atoms with Crippen molar-refractivity contribution in [1.29, 1.82) is 0 Å². The standard InChI is InChI=1S/C46H56O9/c1-27(15-20-40(48)52-5)35-18-19-36-41-37(26-39(46(35,36)4)55-43(50)32-17-16-29-11-9-10-14-31(29)23-32)45(3)22-21-34(53-28(2)47)24-33(45)25-38(41)54-44(51)42(49)30-12-7-6-8-13-30/h6-14,16-17,23,27,33-39,41-42,49H,15,18-22,24-26H2,1-5H3/t27-,33+,34-,35-,36+,37+,38-,39+,41+,42+,45+,46-/m1/s1. The molecule has 0 radical (unpaired) electrons. The molecule has 294 valence electrons. The summed E-state index contributed by atoms with van der Waals surface area (Å²) in [4.78, 5) is 52.5. The Balaban J connectivity index is 1.26. The summed E-state index contributed by atoms with van der Waals surface area (Å²) in [6.07, 6.45) is 3.56. The number of carbonyl (C=O) groups excluding carboxylic acids is 4. The molecule has 3 aromatic carbocycles. The maximum absolute atomic E-state index is 14.3. The first-order valence-corrected chi connectivity index (χ1v) is 20.2. The molecule has 0 spiro atoms. The number of hydrogen-bond donors (Lipinski definition) is 1. The number of esters is 4. The van der Waals surface area contributed by atoms with Crippen LogP contribution in [0.2, 0.25) is 0 Å². The molecule has 0 aliphatic heterocycles. The quantitative estimate of drug-likeness (QED) is 0.161. The van der Waals surface area contributed by atoms with E-state index in [2.05, 4.69) is 20.8 Å². The summed E-state index contributed by atoms with van der Waals surface area (Å²) in [6, 6.07) is 22.5. The fraction of sp³-hybridized carbons (Fsp3) is 0.565. The number of rotatable bonds is 10. The normalized spacial score (nSPS) is 33.6. The SMILES string of the molecule is COC(=O)CC[C@@H](C)[C@H]1CC[C@H]2[C@@H]3[C@H](OC(=O)[C@@H](O)c4ccccc4)C[C@@H]4C[C@H](OC(C)=O)CC[C@]4(C)[C@H]3C[C@H](OC(=O)c3ccc4ccccc4c3)[C@]12C. The van der Waals surface area contributed by atoms with E-state index >= 15 is 0 Å². The van der Waals surface area contributed by atoms with Gasteiger partial charge in [0.1, 0.15) is 18.3 Å². The maximum atomic E-state index is 14.3. The van der Waals surface area contributed by atoms with Gasteiger partial charge in [-0.2, -0.15) is 0 Å². The average Bonchev–Trinajstić information content (AvgIpc) is 3.55. The second kappa shape index (κ2) is 15.7. The lowest BCUT2D eigenvalue weighted by Crippen LogP contribution is -2.63. The molecule has 0 bridgehead atoms. The summed E-state index contributed by atoms with van der Waals surface area (Å²) >= 11 is 0. The highest BCUT2D eigenvalue weighted by Gasteiger charge is 2.68. The van der Waals surface area contributed by atoms with Gasteiger partial charge < -0.3 is 24.1 Å². The van der Waals surface area contributed by atoms with Gasteiger partial charge in [0.05, 0.1) is 12.7 Å². The number of benzene rings is 3. The van der Waals surface area contributed by atoms with Crippen molar-refractivity contribution in [2.75, 3.05) is 7.11 Å². The van der Waals surface area contributed by atoms with Gasteiger partial charge in [0, 0.05) is 24.7 Å².